The molecule has 2 rings (SSSR count). The molecule has 96 valence electrons. The average Bonchev–Trinajstić information content (AvgIpc) is 2.65. The monoisotopic (exact) mass is 263 g/mol. The van der Waals surface area contributed by atoms with Crippen molar-refractivity contribution in [3.63, 3.8) is 0 Å². The molecule has 18 heavy (non-hydrogen) atoms. The van der Waals surface area contributed by atoms with E-state index >= 15 is 0 Å². The molecule has 1 atom stereocenters. The van der Waals surface area contributed by atoms with Crippen molar-refractivity contribution in [2.24, 2.45) is 5.41 Å². The largest absolute Gasteiger partial charge is 0.387 e. The first-order valence-corrected chi connectivity index (χ1v) is 6.91. The van der Waals surface area contributed by atoms with Crippen molar-refractivity contribution in [2.75, 3.05) is 0 Å². The number of benzene rings is 1. The number of nitriles is 1. The molecule has 2 nitrogen and oxygen atoms in total. The minimum Gasteiger partial charge on any atom is -0.387 e. The van der Waals surface area contributed by atoms with E-state index in [9.17, 15) is 10.4 Å². The van der Waals surface area contributed by atoms with Crippen LogP contribution in [0.4, 0.5) is 0 Å². The molecule has 1 saturated carbocycles. The Morgan fingerprint density at radius 1 is 1.17 bits per heavy atom. The minimum atomic E-state index is -0.783. The number of aliphatic hydroxyl groups is 1. The third-order valence-electron chi connectivity index (χ3n) is 3.94. The summed E-state index contributed by atoms with van der Waals surface area (Å²) < 4.78 is 0. The Morgan fingerprint density at radius 3 is 2.33 bits per heavy atom. The van der Waals surface area contributed by atoms with Gasteiger partial charge in [-0.15, -0.1) is 0 Å². The first-order valence-electron chi connectivity index (χ1n) is 6.53. The Bertz CT molecular complexity index is 444. The highest BCUT2D eigenvalue weighted by molar-refractivity contribution is 6.31. The molecule has 0 radical (unpaired) electrons. The van der Waals surface area contributed by atoms with Crippen LogP contribution in [0.1, 0.15) is 50.2 Å². The van der Waals surface area contributed by atoms with Crippen molar-refractivity contribution in [3.05, 3.63) is 34.9 Å². The molecule has 0 spiro atoms. The predicted octanol–water partition coefficient (Wildman–Crippen LogP) is 4.24. The van der Waals surface area contributed by atoms with Crippen molar-refractivity contribution < 1.29 is 5.11 Å². The van der Waals surface area contributed by atoms with Crippen LogP contribution < -0.4 is 0 Å². The van der Waals surface area contributed by atoms with Gasteiger partial charge in [-0.05, 0) is 18.9 Å². The number of rotatable bonds is 2. The first-order chi connectivity index (χ1) is 8.69. The van der Waals surface area contributed by atoms with E-state index in [1.807, 2.05) is 18.2 Å². The van der Waals surface area contributed by atoms with Crippen LogP contribution in [0.15, 0.2) is 24.3 Å². The Hall–Kier alpha value is -1.04. The molecule has 1 aliphatic carbocycles. The third kappa shape index (κ3) is 2.53. The summed E-state index contributed by atoms with van der Waals surface area (Å²) in [4.78, 5) is 0. The maximum atomic E-state index is 10.6. The summed E-state index contributed by atoms with van der Waals surface area (Å²) in [6.45, 7) is 0. The van der Waals surface area contributed by atoms with Crippen LogP contribution in [0.5, 0.6) is 0 Å². The molecule has 1 N–H and O–H groups in total. The van der Waals surface area contributed by atoms with Crippen molar-refractivity contribution in [3.8, 4) is 6.07 Å². The van der Waals surface area contributed by atoms with E-state index in [1.54, 1.807) is 6.07 Å². The van der Waals surface area contributed by atoms with Gasteiger partial charge in [-0.25, -0.2) is 0 Å². The van der Waals surface area contributed by atoms with Gasteiger partial charge in [-0.3, -0.25) is 0 Å². The SMILES string of the molecule is N#CC1(C(O)c2ccccc2Cl)CCCCCC1. The molecular weight excluding hydrogens is 246 g/mol. The molecular formula is C15H18ClNO. The van der Waals surface area contributed by atoms with Crippen LogP contribution in [0, 0.1) is 16.7 Å². The van der Waals surface area contributed by atoms with E-state index in [4.69, 9.17) is 11.6 Å². The van der Waals surface area contributed by atoms with E-state index in [1.165, 1.54) is 0 Å². The van der Waals surface area contributed by atoms with E-state index in [2.05, 4.69) is 6.07 Å². The second-order valence-corrected chi connectivity index (χ2v) is 5.51. The highest BCUT2D eigenvalue weighted by atomic mass is 35.5. The molecule has 0 amide bonds. The normalized spacial score (nSPS) is 20.7. The van der Waals surface area contributed by atoms with Gasteiger partial charge in [0, 0.05) is 10.6 Å². The highest BCUT2D eigenvalue weighted by Gasteiger charge is 2.39. The zero-order chi connectivity index (χ0) is 13.0. The van der Waals surface area contributed by atoms with Crippen molar-refractivity contribution in [1.29, 1.82) is 5.26 Å². The van der Waals surface area contributed by atoms with Gasteiger partial charge in [0.05, 0.1) is 17.6 Å². The maximum Gasteiger partial charge on any atom is 0.0990 e. The van der Waals surface area contributed by atoms with E-state index in [0.717, 1.165) is 38.5 Å². The smallest absolute Gasteiger partial charge is 0.0990 e. The topological polar surface area (TPSA) is 44.0 Å². The van der Waals surface area contributed by atoms with Crippen LogP contribution in [-0.4, -0.2) is 5.11 Å². The molecule has 1 aromatic rings. The van der Waals surface area contributed by atoms with Crippen LogP contribution >= 0.6 is 11.6 Å². The molecule has 1 aliphatic rings. The number of hydrogen-bond acceptors (Lipinski definition) is 2. The standard InChI is InChI=1S/C15H18ClNO/c16-13-8-4-3-7-12(13)14(18)15(11-17)9-5-1-2-6-10-15/h3-4,7-8,14,18H,1-2,5-6,9-10H2. The molecule has 1 fully saturated rings. The van der Waals surface area contributed by atoms with Crippen LogP contribution in [0.25, 0.3) is 0 Å². The number of nitrogens with zero attached hydrogens (tertiary/aromatic N) is 1. The molecule has 0 aliphatic heterocycles. The molecule has 1 unspecified atom stereocenters. The molecule has 0 saturated heterocycles. The fraction of sp³-hybridized carbons (Fsp3) is 0.533. The Morgan fingerprint density at radius 2 is 1.78 bits per heavy atom. The summed E-state index contributed by atoms with van der Waals surface area (Å²) in [5, 5.41) is 20.7. The average molecular weight is 264 g/mol. The zero-order valence-corrected chi connectivity index (χ0v) is 11.2. The third-order valence-corrected chi connectivity index (χ3v) is 4.29. The van der Waals surface area contributed by atoms with Crippen molar-refractivity contribution in [2.45, 2.75) is 44.6 Å². The Balaban J connectivity index is 2.32. The molecule has 3 heteroatoms. The lowest BCUT2D eigenvalue weighted by Crippen LogP contribution is -2.27. The van der Waals surface area contributed by atoms with Gasteiger partial charge < -0.3 is 5.11 Å². The first kappa shape index (κ1) is 13.4. The predicted molar refractivity (Wildman–Crippen MR) is 72.2 cm³/mol. The highest BCUT2D eigenvalue weighted by Crippen LogP contribution is 2.45. The lowest BCUT2D eigenvalue weighted by atomic mass is 9.74. The zero-order valence-electron chi connectivity index (χ0n) is 10.4. The van der Waals surface area contributed by atoms with Gasteiger partial charge in [0.1, 0.15) is 0 Å². The van der Waals surface area contributed by atoms with Gasteiger partial charge in [0.2, 0.25) is 0 Å². The lowest BCUT2D eigenvalue weighted by Gasteiger charge is -2.31. The second kappa shape index (κ2) is 5.73. The fourth-order valence-corrected chi connectivity index (χ4v) is 3.04. The molecule has 1 aromatic carbocycles. The van der Waals surface area contributed by atoms with E-state index in [-0.39, 0.29) is 0 Å². The number of aliphatic hydroxyl groups excluding tert-OH is 1. The van der Waals surface area contributed by atoms with Gasteiger partial charge in [0.15, 0.2) is 0 Å². The fourth-order valence-electron chi connectivity index (χ4n) is 2.80. The van der Waals surface area contributed by atoms with Crippen LogP contribution in [0.2, 0.25) is 5.02 Å². The molecule has 0 bridgehead atoms. The van der Waals surface area contributed by atoms with Gasteiger partial charge in [-0.2, -0.15) is 5.26 Å². The molecule has 0 aromatic heterocycles. The minimum absolute atomic E-state index is 0.545. The van der Waals surface area contributed by atoms with Crippen molar-refractivity contribution in [1.82, 2.24) is 0 Å². The van der Waals surface area contributed by atoms with Crippen LogP contribution in [0.3, 0.4) is 0 Å². The summed E-state index contributed by atoms with van der Waals surface area (Å²) in [6, 6.07) is 9.65. The lowest BCUT2D eigenvalue weighted by molar-refractivity contribution is 0.0517. The van der Waals surface area contributed by atoms with E-state index < -0.39 is 11.5 Å². The number of halogens is 1. The van der Waals surface area contributed by atoms with Crippen molar-refractivity contribution >= 4 is 11.6 Å². The van der Waals surface area contributed by atoms with Gasteiger partial charge in [0.25, 0.3) is 0 Å². The number of hydrogen-bond donors (Lipinski definition) is 1. The molecule has 0 heterocycles. The Labute approximate surface area is 113 Å². The van der Waals surface area contributed by atoms with Gasteiger partial charge in [-0.1, -0.05) is 55.5 Å². The van der Waals surface area contributed by atoms with E-state index in [0.29, 0.717) is 10.6 Å². The summed E-state index contributed by atoms with van der Waals surface area (Å²) in [5.41, 5.74) is 0.0178. The Kier molecular flexibility index (Phi) is 4.27. The van der Waals surface area contributed by atoms with Crippen LogP contribution in [-0.2, 0) is 0 Å². The maximum absolute atomic E-state index is 10.6. The summed E-state index contributed by atoms with van der Waals surface area (Å²) >= 11 is 6.13. The van der Waals surface area contributed by atoms with Gasteiger partial charge >= 0.3 is 0 Å². The summed E-state index contributed by atoms with van der Waals surface area (Å²) in [6.07, 6.45) is 5.06. The summed E-state index contributed by atoms with van der Waals surface area (Å²) in [5.74, 6) is 0. The quantitative estimate of drug-likeness (QED) is 0.811. The summed E-state index contributed by atoms with van der Waals surface area (Å²) in [7, 11) is 0. The second-order valence-electron chi connectivity index (χ2n) is 5.11.